The molecule has 0 bridgehead atoms. The van der Waals surface area contributed by atoms with Crippen LogP contribution in [-0.4, -0.2) is 56.4 Å². The number of rotatable bonds is 2. The van der Waals surface area contributed by atoms with E-state index in [-0.39, 0.29) is 30.9 Å². The Kier molecular flexibility index (Phi) is 9.54. The molecule has 4 N–H and O–H groups in total. The van der Waals surface area contributed by atoms with Crippen molar-refractivity contribution in [2.24, 2.45) is 0 Å². The molecule has 7 heteroatoms. The van der Waals surface area contributed by atoms with Crippen LogP contribution < -0.4 is 35.4 Å². The highest BCUT2D eigenvalue weighted by atomic mass is 35.5. The third kappa shape index (κ3) is 5.61. The normalized spacial score (nSPS) is 23.6. The molecule has 0 saturated carbocycles. The van der Waals surface area contributed by atoms with Crippen LogP contribution in [0.1, 0.15) is 19.3 Å². The summed E-state index contributed by atoms with van der Waals surface area (Å²) in [5.74, 6) is 0. The van der Waals surface area contributed by atoms with Crippen LogP contribution in [0.2, 0.25) is 0 Å². The molecule has 108 valence electrons. The fourth-order valence-corrected chi connectivity index (χ4v) is 2.36. The van der Waals surface area contributed by atoms with Crippen molar-refractivity contribution in [1.29, 1.82) is 0 Å². The second-order valence-electron chi connectivity index (χ2n) is 4.72. The Balaban J connectivity index is 0.00000144. The summed E-state index contributed by atoms with van der Waals surface area (Å²) in [6.07, 6.45) is 3.38. The van der Waals surface area contributed by atoms with Gasteiger partial charge >= 0.3 is 6.09 Å². The standard InChI is InChI=1S/C11H21N3O2.2ClH/c15-11(14-6-2-1-3-7-14)16-9-10-8-12-4-5-13-10;;/h10,12-13H,1-9H2;2*1H. The van der Waals surface area contributed by atoms with E-state index in [0.29, 0.717) is 12.6 Å². The zero-order chi connectivity index (χ0) is 11.2. The summed E-state index contributed by atoms with van der Waals surface area (Å²) in [6.45, 7) is 5.68. The molecule has 0 aliphatic carbocycles. The van der Waals surface area contributed by atoms with E-state index in [4.69, 9.17) is 4.74 Å². The average Bonchev–Trinajstić information content (AvgIpc) is 2.38. The number of piperazine rings is 1. The van der Waals surface area contributed by atoms with Crippen LogP contribution in [0.5, 0.6) is 0 Å². The van der Waals surface area contributed by atoms with Crippen molar-refractivity contribution in [2.75, 3.05) is 39.3 Å². The zero-order valence-corrected chi connectivity index (χ0v) is 12.1. The van der Waals surface area contributed by atoms with E-state index in [1.807, 2.05) is 4.90 Å². The van der Waals surface area contributed by atoms with Gasteiger partial charge in [0.15, 0.2) is 12.6 Å². The lowest BCUT2D eigenvalue weighted by Gasteiger charge is -2.26. The molecule has 2 saturated heterocycles. The van der Waals surface area contributed by atoms with Gasteiger partial charge in [-0.25, -0.2) is 4.79 Å². The molecule has 1 unspecified atom stereocenters. The molecule has 2 heterocycles. The zero-order valence-electron chi connectivity index (χ0n) is 10.6. The number of nitrogens with zero attached hydrogens (tertiary/aromatic N) is 1. The fraction of sp³-hybridized carbons (Fsp3) is 0.909. The second kappa shape index (κ2) is 9.67. The monoisotopic (exact) mass is 299 g/mol. The van der Waals surface area contributed by atoms with Gasteiger partial charge in [0.05, 0.1) is 0 Å². The van der Waals surface area contributed by atoms with Crippen LogP contribution in [0.25, 0.3) is 0 Å². The maximum Gasteiger partial charge on any atom is 0.409 e. The highest BCUT2D eigenvalue weighted by Crippen LogP contribution is 2.09. The molecule has 2 rings (SSSR count). The van der Waals surface area contributed by atoms with Gasteiger partial charge < -0.3 is 45.1 Å². The molecular formula is C11H23Cl2N3O2. The van der Waals surface area contributed by atoms with Crippen LogP contribution in [0.3, 0.4) is 0 Å². The summed E-state index contributed by atoms with van der Waals surface area (Å²) in [7, 11) is 0. The van der Waals surface area contributed by atoms with Crippen molar-refractivity contribution in [1.82, 2.24) is 4.90 Å². The number of nitrogens with two attached hydrogens (primary N) is 2. The summed E-state index contributed by atoms with van der Waals surface area (Å²) in [5, 5.41) is 4.57. The first-order valence-electron chi connectivity index (χ1n) is 6.43. The first-order valence-corrected chi connectivity index (χ1v) is 6.43. The average molecular weight is 300 g/mol. The van der Waals surface area contributed by atoms with E-state index in [1.54, 1.807) is 0 Å². The topological polar surface area (TPSA) is 62.8 Å². The molecule has 2 fully saturated rings. The number of hydrogen-bond acceptors (Lipinski definition) is 2. The Morgan fingerprint density at radius 1 is 1.17 bits per heavy atom. The number of likely N-dealkylation sites (tertiary alicyclic amines) is 1. The highest BCUT2D eigenvalue weighted by Gasteiger charge is 2.23. The molecule has 0 spiro atoms. The molecule has 1 atom stereocenters. The number of ether oxygens (including phenoxy) is 1. The highest BCUT2D eigenvalue weighted by molar-refractivity contribution is 5.67. The van der Waals surface area contributed by atoms with E-state index in [1.165, 1.54) is 13.0 Å². The number of carbonyl (C=O) groups excluding carboxylic acids is 1. The number of hydrogen-bond donors (Lipinski definition) is 2. The lowest BCUT2D eigenvalue weighted by Crippen LogP contribution is -3.08. The largest absolute Gasteiger partial charge is 1.00 e. The van der Waals surface area contributed by atoms with Gasteiger partial charge in [0.25, 0.3) is 0 Å². The first kappa shape index (κ1) is 17.8. The van der Waals surface area contributed by atoms with E-state index < -0.39 is 0 Å². The molecule has 0 aromatic rings. The number of quaternary nitrogens is 2. The summed E-state index contributed by atoms with van der Waals surface area (Å²) in [5.41, 5.74) is 0. The van der Waals surface area contributed by atoms with Crippen LogP contribution in [0, 0.1) is 0 Å². The van der Waals surface area contributed by atoms with Gasteiger partial charge in [0.1, 0.15) is 19.6 Å². The smallest absolute Gasteiger partial charge is 0.409 e. The van der Waals surface area contributed by atoms with Crippen LogP contribution >= 0.6 is 0 Å². The minimum absolute atomic E-state index is 0. The van der Waals surface area contributed by atoms with Crippen molar-refractivity contribution in [3.8, 4) is 0 Å². The predicted molar refractivity (Wildman–Crippen MR) is 59.0 cm³/mol. The quantitative estimate of drug-likeness (QED) is 0.532. The summed E-state index contributed by atoms with van der Waals surface area (Å²) >= 11 is 0. The maximum absolute atomic E-state index is 11.7. The van der Waals surface area contributed by atoms with Crippen molar-refractivity contribution < 1.29 is 45.0 Å². The van der Waals surface area contributed by atoms with Gasteiger partial charge in [-0.15, -0.1) is 0 Å². The fourth-order valence-electron chi connectivity index (χ4n) is 2.36. The molecule has 18 heavy (non-hydrogen) atoms. The van der Waals surface area contributed by atoms with E-state index >= 15 is 0 Å². The van der Waals surface area contributed by atoms with Crippen molar-refractivity contribution in [3.05, 3.63) is 0 Å². The van der Waals surface area contributed by atoms with Gasteiger partial charge in [-0.2, -0.15) is 0 Å². The minimum atomic E-state index is -0.112. The Morgan fingerprint density at radius 2 is 1.89 bits per heavy atom. The third-order valence-electron chi connectivity index (χ3n) is 3.38. The molecular weight excluding hydrogens is 277 g/mol. The number of piperidine rings is 1. The van der Waals surface area contributed by atoms with Crippen LogP contribution in [0.15, 0.2) is 0 Å². The molecule has 1 amide bonds. The summed E-state index contributed by atoms with van der Waals surface area (Å²) < 4.78 is 5.36. The Bertz CT molecular complexity index is 232. The minimum Gasteiger partial charge on any atom is -1.00 e. The lowest BCUT2D eigenvalue weighted by molar-refractivity contribution is -0.811. The SMILES string of the molecule is O=C(OCC1C[NH2+]CC[NH2+]1)N1CCCCC1.[Cl-].[Cl-]. The van der Waals surface area contributed by atoms with Gasteiger partial charge in [-0.3, -0.25) is 0 Å². The van der Waals surface area contributed by atoms with Crippen molar-refractivity contribution >= 4 is 6.09 Å². The van der Waals surface area contributed by atoms with Gasteiger partial charge in [-0.1, -0.05) is 0 Å². The third-order valence-corrected chi connectivity index (χ3v) is 3.38. The summed E-state index contributed by atoms with van der Waals surface area (Å²) in [6, 6.07) is 0.447. The maximum atomic E-state index is 11.7. The molecule has 0 aromatic carbocycles. The summed E-state index contributed by atoms with van der Waals surface area (Å²) in [4.78, 5) is 13.6. The molecule has 0 radical (unpaired) electrons. The molecule has 0 aromatic heterocycles. The Labute approximate surface area is 121 Å². The molecule has 2 aliphatic rings. The van der Waals surface area contributed by atoms with Crippen LogP contribution in [0.4, 0.5) is 4.79 Å². The van der Waals surface area contributed by atoms with E-state index in [2.05, 4.69) is 10.6 Å². The van der Waals surface area contributed by atoms with Gasteiger partial charge in [-0.05, 0) is 19.3 Å². The van der Waals surface area contributed by atoms with E-state index in [0.717, 1.165) is 39.0 Å². The number of carbonyl (C=O) groups is 1. The Morgan fingerprint density at radius 3 is 2.50 bits per heavy atom. The van der Waals surface area contributed by atoms with E-state index in [9.17, 15) is 4.79 Å². The number of halogens is 2. The van der Waals surface area contributed by atoms with Gasteiger partial charge in [0, 0.05) is 13.1 Å². The number of amides is 1. The predicted octanol–water partition coefficient (Wildman–Crippen LogP) is -7.87. The lowest BCUT2D eigenvalue weighted by atomic mass is 10.1. The molecule has 2 aliphatic heterocycles. The first-order chi connectivity index (χ1) is 7.86. The van der Waals surface area contributed by atoms with Crippen LogP contribution in [-0.2, 0) is 4.74 Å². The van der Waals surface area contributed by atoms with Crippen molar-refractivity contribution in [3.63, 3.8) is 0 Å². The van der Waals surface area contributed by atoms with Gasteiger partial charge in [0.2, 0.25) is 0 Å². The van der Waals surface area contributed by atoms with Crippen molar-refractivity contribution in [2.45, 2.75) is 25.3 Å². The molecule has 5 nitrogen and oxygen atoms in total. The Hall–Kier alpha value is -0.230. The second-order valence-corrected chi connectivity index (χ2v) is 4.72.